The molecule has 0 aromatic carbocycles. The predicted molar refractivity (Wildman–Crippen MR) is 64.4 cm³/mol. The molecule has 0 bridgehead atoms. The third kappa shape index (κ3) is 2.71. The van der Waals surface area contributed by atoms with Crippen LogP contribution in [0.3, 0.4) is 0 Å². The number of likely N-dealkylation sites (tertiary alicyclic amines) is 1. The van der Waals surface area contributed by atoms with Gasteiger partial charge in [0.2, 0.25) is 0 Å². The van der Waals surface area contributed by atoms with Crippen molar-refractivity contribution in [3.63, 3.8) is 0 Å². The Hall–Kier alpha value is -0.0800. The summed E-state index contributed by atoms with van der Waals surface area (Å²) < 4.78 is 0. The molecule has 0 atom stereocenters. The van der Waals surface area contributed by atoms with Crippen molar-refractivity contribution >= 4 is 0 Å². The van der Waals surface area contributed by atoms with Gasteiger partial charge in [-0.25, -0.2) is 0 Å². The van der Waals surface area contributed by atoms with E-state index in [9.17, 15) is 0 Å². The predicted octanol–water partition coefficient (Wildman–Crippen LogP) is 2.34. The van der Waals surface area contributed by atoms with E-state index in [0.29, 0.717) is 0 Å². The van der Waals surface area contributed by atoms with Gasteiger partial charge in [0.1, 0.15) is 0 Å². The number of nitrogens with zero attached hydrogens (tertiary/aromatic N) is 1. The summed E-state index contributed by atoms with van der Waals surface area (Å²) in [5.41, 5.74) is 5.25. The molecule has 1 aliphatic carbocycles. The minimum Gasteiger partial charge on any atom is -0.333 e. The van der Waals surface area contributed by atoms with Crippen molar-refractivity contribution in [3.05, 3.63) is 0 Å². The van der Waals surface area contributed by atoms with Crippen molar-refractivity contribution in [1.82, 2.24) is 4.90 Å². The van der Waals surface area contributed by atoms with Crippen LogP contribution in [-0.4, -0.2) is 32.1 Å². The first-order chi connectivity index (χ1) is 6.70. The molecule has 2 heteroatoms. The summed E-state index contributed by atoms with van der Waals surface area (Å²) >= 11 is 0. The zero-order valence-corrected chi connectivity index (χ0v) is 10.1. The molecular formula is C12H28N2. The molecule has 14 heavy (non-hydrogen) atoms. The summed E-state index contributed by atoms with van der Waals surface area (Å²) in [5, 5.41) is 0. The average Bonchev–Trinajstić information content (AvgIpc) is 2.57. The van der Waals surface area contributed by atoms with Gasteiger partial charge in [-0.05, 0) is 51.2 Å². The van der Waals surface area contributed by atoms with E-state index < -0.39 is 0 Å². The highest BCUT2D eigenvalue weighted by atomic mass is 15.1. The zero-order chi connectivity index (χ0) is 10.6. The molecule has 2 fully saturated rings. The Morgan fingerprint density at radius 1 is 1.21 bits per heavy atom. The zero-order valence-electron chi connectivity index (χ0n) is 10.1. The van der Waals surface area contributed by atoms with Crippen LogP contribution in [0.5, 0.6) is 0 Å². The van der Waals surface area contributed by atoms with Crippen molar-refractivity contribution < 1.29 is 1.43 Å². The highest BCUT2D eigenvalue weighted by Gasteiger charge is 2.38. The molecule has 1 aliphatic heterocycles. The smallest absolute Gasteiger partial charge is 0.00354 e. The fourth-order valence-corrected chi connectivity index (χ4v) is 2.94. The van der Waals surface area contributed by atoms with Crippen LogP contribution in [0.2, 0.25) is 0 Å². The van der Waals surface area contributed by atoms with Crippen LogP contribution in [-0.2, 0) is 0 Å². The Kier molecular flexibility index (Phi) is 4.39. The van der Waals surface area contributed by atoms with Gasteiger partial charge in [-0.2, -0.15) is 0 Å². The molecule has 2 rings (SSSR count). The third-order valence-corrected chi connectivity index (χ3v) is 3.96. The molecule has 1 spiro atoms. The van der Waals surface area contributed by atoms with E-state index in [1.165, 1.54) is 52.2 Å². The van der Waals surface area contributed by atoms with E-state index in [4.69, 9.17) is 0 Å². The standard InChI is InChI=1S/C11H21N.CH5N.H2/c1-10-3-5-11(6-4-10)7-8-12(2)9-11;1-2;/h10H,3-9H2,1-2H3;2H2,1H3;1H. The SMILES string of the molecule is CC1CCC2(CC1)CCN(C)C2.CN.[HH]. The van der Waals surface area contributed by atoms with Gasteiger partial charge in [0, 0.05) is 7.97 Å². The Labute approximate surface area is 90.3 Å². The Morgan fingerprint density at radius 3 is 2.21 bits per heavy atom. The first kappa shape index (κ1) is 12.0. The quantitative estimate of drug-likeness (QED) is 0.650. The van der Waals surface area contributed by atoms with Crippen molar-refractivity contribution in [1.29, 1.82) is 0 Å². The van der Waals surface area contributed by atoms with E-state index in [0.717, 1.165) is 11.3 Å². The summed E-state index contributed by atoms with van der Waals surface area (Å²) in [6.45, 7) is 5.12. The summed E-state index contributed by atoms with van der Waals surface area (Å²) in [7, 11) is 3.77. The van der Waals surface area contributed by atoms with Gasteiger partial charge in [-0.3, -0.25) is 0 Å². The monoisotopic (exact) mass is 200 g/mol. The molecule has 1 saturated heterocycles. The summed E-state index contributed by atoms with van der Waals surface area (Å²) in [6.07, 6.45) is 7.43. The second-order valence-electron chi connectivity index (χ2n) is 5.17. The van der Waals surface area contributed by atoms with E-state index >= 15 is 0 Å². The fourth-order valence-electron chi connectivity index (χ4n) is 2.94. The molecule has 0 amide bonds. The van der Waals surface area contributed by atoms with Crippen molar-refractivity contribution in [3.8, 4) is 0 Å². The maximum Gasteiger partial charge on any atom is 0.00354 e. The number of nitrogens with two attached hydrogens (primary N) is 1. The lowest BCUT2D eigenvalue weighted by Gasteiger charge is -2.35. The molecule has 2 N–H and O–H groups in total. The largest absolute Gasteiger partial charge is 0.333 e. The van der Waals surface area contributed by atoms with Crippen LogP contribution in [0.15, 0.2) is 0 Å². The van der Waals surface area contributed by atoms with Crippen molar-refractivity contribution in [2.45, 2.75) is 39.0 Å². The maximum absolute atomic E-state index is 4.50. The molecule has 0 aromatic heterocycles. The van der Waals surface area contributed by atoms with E-state index in [1.807, 2.05) is 0 Å². The first-order valence-electron chi connectivity index (χ1n) is 5.97. The molecule has 2 nitrogen and oxygen atoms in total. The van der Waals surface area contributed by atoms with Crippen molar-refractivity contribution in [2.75, 3.05) is 27.2 Å². The van der Waals surface area contributed by atoms with Gasteiger partial charge in [0.15, 0.2) is 0 Å². The average molecular weight is 200 g/mol. The maximum atomic E-state index is 4.50. The molecular weight excluding hydrogens is 172 g/mol. The summed E-state index contributed by atoms with van der Waals surface area (Å²) in [4.78, 5) is 2.51. The lowest BCUT2D eigenvalue weighted by atomic mass is 9.70. The molecule has 1 saturated carbocycles. The summed E-state index contributed by atoms with van der Waals surface area (Å²) in [6, 6.07) is 0. The van der Waals surface area contributed by atoms with Crippen LogP contribution in [0, 0.1) is 11.3 Å². The Balaban J connectivity index is 0.000000617. The highest BCUT2D eigenvalue weighted by Crippen LogP contribution is 2.44. The topological polar surface area (TPSA) is 29.3 Å². The summed E-state index contributed by atoms with van der Waals surface area (Å²) in [5.74, 6) is 1.00. The molecule has 0 aromatic rings. The highest BCUT2D eigenvalue weighted by molar-refractivity contribution is 4.91. The lowest BCUT2D eigenvalue weighted by Crippen LogP contribution is -2.29. The van der Waals surface area contributed by atoms with Crippen LogP contribution < -0.4 is 5.73 Å². The number of rotatable bonds is 0. The Bertz CT molecular complexity index is 165. The van der Waals surface area contributed by atoms with E-state index in [1.54, 1.807) is 0 Å². The number of hydrogen-bond donors (Lipinski definition) is 1. The second kappa shape index (κ2) is 5.13. The third-order valence-electron chi connectivity index (χ3n) is 3.96. The fraction of sp³-hybridized carbons (Fsp3) is 1.00. The minimum absolute atomic E-state index is 0. The lowest BCUT2D eigenvalue weighted by molar-refractivity contribution is 0.163. The van der Waals surface area contributed by atoms with Gasteiger partial charge < -0.3 is 10.6 Å². The molecule has 86 valence electrons. The van der Waals surface area contributed by atoms with Gasteiger partial charge in [-0.15, -0.1) is 0 Å². The van der Waals surface area contributed by atoms with Crippen LogP contribution in [0.1, 0.15) is 40.5 Å². The minimum atomic E-state index is 0. The molecule has 0 radical (unpaired) electrons. The first-order valence-corrected chi connectivity index (χ1v) is 5.97. The van der Waals surface area contributed by atoms with Gasteiger partial charge >= 0.3 is 0 Å². The van der Waals surface area contributed by atoms with E-state index in [2.05, 4.69) is 24.6 Å². The molecule has 1 heterocycles. The second-order valence-corrected chi connectivity index (χ2v) is 5.17. The number of hydrogen-bond acceptors (Lipinski definition) is 2. The molecule has 2 aliphatic rings. The van der Waals surface area contributed by atoms with Crippen LogP contribution in [0.4, 0.5) is 0 Å². The van der Waals surface area contributed by atoms with E-state index in [-0.39, 0.29) is 1.43 Å². The van der Waals surface area contributed by atoms with Crippen LogP contribution in [0.25, 0.3) is 0 Å². The van der Waals surface area contributed by atoms with Gasteiger partial charge in [0.05, 0.1) is 0 Å². The Morgan fingerprint density at radius 2 is 1.79 bits per heavy atom. The van der Waals surface area contributed by atoms with Gasteiger partial charge in [-0.1, -0.05) is 19.8 Å². The van der Waals surface area contributed by atoms with Gasteiger partial charge in [0.25, 0.3) is 0 Å². The van der Waals surface area contributed by atoms with Crippen LogP contribution >= 0.6 is 0 Å². The van der Waals surface area contributed by atoms with Crippen molar-refractivity contribution in [2.24, 2.45) is 17.1 Å². The molecule has 0 unspecified atom stereocenters. The normalized spacial score (nSPS) is 38.1.